The second-order valence-electron chi connectivity index (χ2n) is 5.90. The van der Waals surface area contributed by atoms with Crippen molar-refractivity contribution in [3.8, 4) is 11.1 Å². The van der Waals surface area contributed by atoms with Crippen LogP contribution >= 0.6 is 0 Å². The Bertz CT molecular complexity index is 1130. The lowest BCUT2D eigenvalue weighted by molar-refractivity contribution is 0.0697. The second-order valence-corrected chi connectivity index (χ2v) is 5.90. The highest BCUT2D eigenvalue weighted by Gasteiger charge is 2.12. The number of anilines is 1. The Kier molecular flexibility index (Phi) is 3.42. The Balaban J connectivity index is 1.96. The third-order valence-corrected chi connectivity index (χ3v) is 4.38. The van der Waals surface area contributed by atoms with Crippen molar-refractivity contribution < 1.29 is 14.3 Å². The average Bonchev–Trinajstić information content (AvgIpc) is 2.99. The third kappa shape index (κ3) is 2.50. The van der Waals surface area contributed by atoms with Crippen molar-refractivity contribution in [2.24, 2.45) is 0 Å². The van der Waals surface area contributed by atoms with Crippen LogP contribution in [0.25, 0.3) is 32.9 Å². The van der Waals surface area contributed by atoms with Gasteiger partial charge in [0.2, 0.25) is 0 Å². The number of benzene rings is 3. The van der Waals surface area contributed by atoms with Crippen molar-refractivity contribution in [2.75, 3.05) is 12.4 Å². The summed E-state index contributed by atoms with van der Waals surface area (Å²) in [5.74, 6) is -1.27. The molecule has 25 heavy (non-hydrogen) atoms. The van der Waals surface area contributed by atoms with Gasteiger partial charge in [0.25, 0.3) is 0 Å². The van der Waals surface area contributed by atoms with E-state index < -0.39 is 5.97 Å². The van der Waals surface area contributed by atoms with Gasteiger partial charge in [0.1, 0.15) is 5.82 Å². The fraction of sp³-hybridized carbons (Fsp3) is 0.0500. The molecule has 5 heteroatoms. The summed E-state index contributed by atoms with van der Waals surface area (Å²) in [7, 11) is 1.75. The highest BCUT2D eigenvalue weighted by atomic mass is 19.1. The number of hydrogen-bond donors (Lipinski definition) is 3. The van der Waals surface area contributed by atoms with E-state index >= 15 is 0 Å². The van der Waals surface area contributed by atoms with E-state index in [9.17, 15) is 14.3 Å². The van der Waals surface area contributed by atoms with Crippen LogP contribution in [0.15, 0.2) is 54.6 Å². The summed E-state index contributed by atoms with van der Waals surface area (Å²) in [6.07, 6.45) is 0. The van der Waals surface area contributed by atoms with Crippen molar-refractivity contribution in [2.45, 2.75) is 0 Å². The smallest absolute Gasteiger partial charge is 0.335 e. The highest BCUT2D eigenvalue weighted by Crippen LogP contribution is 2.34. The Morgan fingerprint density at radius 1 is 1.04 bits per heavy atom. The number of rotatable bonds is 3. The van der Waals surface area contributed by atoms with Gasteiger partial charge in [0, 0.05) is 23.3 Å². The zero-order valence-electron chi connectivity index (χ0n) is 13.4. The molecule has 0 saturated carbocycles. The fourth-order valence-corrected chi connectivity index (χ4v) is 3.17. The molecule has 0 bridgehead atoms. The molecule has 0 amide bonds. The first-order valence-corrected chi connectivity index (χ1v) is 7.83. The summed E-state index contributed by atoms with van der Waals surface area (Å²) in [4.78, 5) is 14.5. The van der Waals surface area contributed by atoms with E-state index in [1.165, 1.54) is 12.1 Å². The molecule has 3 aromatic carbocycles. The Morgan fingerprint density at radius 3 is 2.60 bits per heavy atom. The number of aromatic nitrogens is 1. The van der Waals surface area contributed by atoms with Crippen LogP contribution in [-0.4, -0.2) is 23.1 Å². The first-order valence-electron chi connectivity index (χ1n) is 7.83. The van der Waals surface area contributed by atoms with Crippen molar-refractivity contribution >= 4 is 33.5 Å². The summed E-state index contributed by atoms with van der Waals surface area (Å²) in [5.41, 5.74) is 4.36. The van der Waals surface area contributed by atoms with E-state index in [0.29, 0.717) is 5.69 Å². The largest absolute Gasteiger partial charge is 0.478 e. The molecular formula is C20H15FN2O2. The Labute approximate surface area is 142 Å². The van der Waals surface area contributed by atoms with Gasteiger partial charge in [-0.1, -0.05) is 18.2 Å². The molecule has 0 fully saturated rings. The van der Waals surface area contributed by atoms with Crippen LogP contribution in [-0.2, 0) is 0 Å². The summed E-state index contributed by atoms with van der Waals surface area (Å²) in [5, 5.41) is 13.9. The third-order valence-electron chi connectivity index (χ3n) is 4.38. The Hall–Kier alpha value is -3.34. The van der Waals surface area contributed by atoms with Gasteiger partial charge < -0.3 is 15.4 Å². The van der Waals surface area contributed by atoms with Gasteiger partial charge in [0.15, 0.2) is 0 Å². The van der Waals surface area contributed by atoms with E-state index in [-0.39, 0.29) is 11.4 Å². The van der Waals surface area contributed by atoms with E-state index in [0.717, 1.165) is 32.9 Å². The standard InChI is InChI=1S/C20H15FN2O2/c1-22-18-10-14(21)9-16-15-8-12(5-6-17(15)23-19(16)18)11-3-2-4-13(7-11)20(24)25/h2-10,22-23H,1H3,(H,24,25). The first-order chi connectivity index (χ1) is 12.1. The quantitative estimate of drug-likeness (QED) is 0.501. The second kappa shape index (κ2) is 5.63. The molecule has 4 aromatic rings. The van der Waals surface area contributed by atoms with Crippen LogP contribution in [0.1, 0.15) is 10.4 Å². The normalized spacial score (nSPS) is 11.1. The van der Waals surface area contributed by atoms with Crippen molar-refractivity contribution in [1.29, 1.82) is 0 Å². The number of carbonyl (C=O) groups is 1. The number of carboxylic acid groups (broad SMARTS) is 1. The summed E-state index contributed by atoms with van der Waals surface area (Å²) >= 11 is 0. The molecule has 124 valence electrons. The van der Waals surface area contributed by atoms with Crippen LogP contribution in [0.5, 0.6) is 0 Å². The molecule has 1 aromatic heterocycles. The van der Waals surface area contributed by atoms with E-state index in [4.69, 9.17) is 0 Å². The molecule has 0 unspecified atom stereocenters. The number of H-pyrrole nitrogens is 1. The predicted octanol–water partition coefficient (Wildman–Crippen LogP) is 4.87. The van der Waals surface area contributed by atoms with Gasteiger partial charge in [-0.15, -0.1) is 0 Å². The van der Waals surface area contributed by atoms with Crippen LogP contribution < -0.4 is 5.32 Å². The summed E-state index contributed by atoms with van der Waals surface area (Å²) in [6.45, 7) is 0. The van der Waals surface area contributed by atoms with Gasteiger partial charge in [0.05, 0.1) is 16.8 Å². The van der Waals surface area contributed by atoms with Crippen molar-refractivity contribution in [3.05, 3.63) is 66.0 Å². The van der Waals surface area contributed by atoms with Crippen LogP contribution in [0.2, 0.25) is 0 Å². The lowest BCUT2D eigenvalue weighted by Gasteiger charge is -2.04. The van der Waals surface area contributed by atoms with Gasteiger partial charge in [-0.05, 0) is 47.5 Å². The molecule has 0 saturated heterocycles. The van der Waals surface area contributed by atoms with Crippen LogP contribution in [0, 0.1) is 5.82 Å². The molecule has 0 aliphatic carbocycles. The lowest BCUT2D eigenvalue weighted by atomic mass is 10.0. The molecule has 0 aliphatic rings. The van der Waals surface area contributed by atoms with Crippen LogP contribution in [0.3, 0.4) is 0 Å². The predicted molar refractivity (Wildman–Crippen MR) is 97.7 cm³/mol. The molecule has 0 aliphatic heterocycles. The molecule has 0 radical (unpaired) electrons. The maximum atomic E-state index is 13.9. The number of fused-ring (bicyclic) bond motifs is 3. The highest BCUT2D eigenvalue weighted by molar-refractivity contribution is 6.12. The molecular weight excluding hydrogens is 319 g/mol. The number of aromatic amines is 1. The molecule has 3 N–H and O–H groups in total. The maximum absolute atomic E-state index is 13.9. The molecule has 0 atom stereocenters. The number of hydrogen-bond acceptors (Lipinski definition) is 2. The monoisotopic (exact) mass is 334 g/mol. The lowest BCUT2D eigenvalue weighted by Crippen LogP contribution is -1.95. The van der Waals surface area contributed by atoms with Crippen molar-refractivity contribution in [3.63, 3.8) is 0 Å². The van der Waals surface area contributed by atoms with Gasteiger partial charge in [-0.3, -0.25) is 0 Å². The number of carboxylic acids is 1. The number of halogens is 1. The summed E-state index contributed by atoms with van der Waals surface area (Å²) in [6, 6.07) is 15.5. The first kappa shape index (κ1) is 15.2. The zero-order valence-corrected chi connectivity index (χ0v) is 13.4. The minimum absolute atomic E-state index is 0.236. The van der Waals surface area contributed by atoms with Gasteiger partial charge in [-0.25, -0.2) is 9.18 Å². The van der Waals surface area contributed by atoms with Crippen LogP contribution in [0.4, 0.5) is 10.1 Å². The summed E-state index contributed by atoms with van der Waals surface area (Å²) < 4.78 is 13.9. The molecule has 4 rings (SSSR count). The van der Waals surface area contributed by atoms with E-state index in [1.54, 1.807) is 25.2 Å². The molecule has 4 nitrogen and oxygen atoms in total. The molecule has 1 heterocycles. The van der Waals surface area contributed by atoms with Gasteiger partial charge >= 0.3 is 5.97 Å². The van der Waals surface area contributed by atoms with Gasteiger partial charge in [-0.2, -0.15) is 0 Å². The fourth-order valence-electron chi connectivity index (χ4n) is 3.17. The average molecular weight is 334 g/mol. The Morgan fingerprint density at radius 2 is 1.84 bits per heavy atom. The van der Waals surface area contributed by atoms with E-state index in [2.05, 4.69) is 10.3 Å². The number of nitrogens with one attached hydrogen (secondary N) is 2. The molecule has 0 spiro atoms. The minimum Gasteiger partial charge on any atom is -0.478 e. The maximum Gasteiger partial charge on any atom is 0.335 e. The van der Waals surface area contributed by atoms with E-state index in [1.807, 2.05) is 24.3 Å². The SMILES string of the molecule is CNc1cc(F)cc2c1[nH]c1ccc(-c3cccc(C(=O)O)c3)cc12. The number of aromatic carboxylic acids is 1. The van der Waals surface area contributed by atoms with Crippen molar-refractivity contribution in [1.82, 2.24) is 4.98 Å². The topological polar surface area (TPSA) is 65.1 Å². The minimum atomic E-state index is -0.962. The zero-order chi connectivity index (χ0) is 17.6.